The lowest BCUT2D eigenvalue weighted by Crippen LogP contribution is -2.41. The number of ether oxygens (including phenoxy) is 1. The van der Waals surface area contributed by atoms with Crippen LogP contribution < -0.4 is 10.6 Å². The van der Waals surface area contributed by atoms with E-state index in [1.807, 2.05) is 0 Å². The minimum atomic E-state index is -2.44. The van der Waals surface area contributed by atoms with Crippen LogP contribution in [-0.4, -0.2) is 45.3 Å². The smallest absolute Gasteiger partial charge is 0.248 e. The molecule has 0 aliphatic heterocycles. The van der Waals surface area contributed by atoms with Crippen LogP contribution in [0.15, 0.2) is 0 Å². The van der Waals surface area contributed by atoms with Gasteiger partial charge in [0.1, 0.15) is 0 Å². The molecule has 1 fully saturated rings. The molecule has 0 aromatic carbocycles. The number of alkyl halides is 2. The van der Waals surface area contributed by atoms with Gasteiger partial charge in [-0.1, -0.05) is 0 Å². The minimum Gasteiger partial charge on any atom is -0.383 e. The first-order valence-corrected chi connectivity index (χ1v) is 6.84. The van der Waals surface area contributed by atoms with Crippen LogP contribution in [0.1, 0.15) is 32.6 Å². The van der Waals surface area contributed by atoms with E-state index in [2.05, 4.69) is 17.6 Å². The average Bonchev–Trinajstić information content (AvgIpc) is 2.31. The second-order valence-corrected chi connectivity index (χ2v) is 5.32. The highest BCUT2D eigenvalue weighted by atomic mass is 19.3. The Balaban J connectivity index is 2.08. The highest BCUT2D eigenvalue weighted by molar-refractivity contribution is 4.80. The van der Waals surface area contributed by atoms with Gasteiger partial charge in [0.15, 0.2) is 0 Å². The van der Waals surface area contributed by atoms with Crippen LogP contribution in [0.3, 0.4) is 0 Å². The van der Waals surface area contributed by atoms with E-state index in [0.29, 0.717) is 25.6 Å². The van der Waals surface area contributed by atoms with E-state index in [9.17, 15) is 8.78 Å². The topological polar surface area (TPSA) is 33.3 Å². The molecule has 5 heteroatoms. The Labute approximate surface area is 109 Å². The number of nitrogens with one attached hydrogen (secondary N) is 2. The lowest BCUT2D eigenvalue weighted by Gasteiger charge is -2.30. The lowest BCUT2D eigenvalue weighted by atomic mass is 9.86. The van der Waals surface area contributed by atoms with E-state index >= 15 is 0 Å². The minimum absolute atomic E-state index is 0.0455. The van der Waals surface area contributed by atoms with E-state index < -0.39 is 5.92 Å². The summed E-state index contributed by atoms with van der Waals surface area (Å²) in [5.74, 6) is -2.32. The second-order valence-electron chi connectivity index (χ2n) is 5.32. The number of halogens is 2. The lowest BCUT2D eigenvalue weighted by molar-refractivity contribution is -0.0522. The Morgan fingerprint density at radius 3 is 2.89 bits per heavy atom. The summed E-state index contributed by atoms with van der Waals surface area (Å²) >= 11 is 0. The average molecular weight is 264 g/mol. The third kappa shape index (κ3) is 6.61. The summed E-state index contributed by atoms with van der Waals surface area (Å²) < 4.78 is 31.4. The summed E-state index contributed by atoms with van der Waals surface area (Å²) in [6, 6.07) is 0.303. The van der Waals surface area contributed by atoms with Gasteiger partial charge in [-0.3, -0.25) is 0 Å². The first-order chi connectivity index (χ1) is 8.53. The zero-order chi connectivity index (χ0) is 13.4. The summed E-state index contributed by atoms with van der Waals surface area (Å²) in [5.41, 5.74) is 0. The maximum atomic E-state index is 13.2. The van der Waals surface area contributed by atoms with Gasteiger partial charge in [-0.15, -0.1) is 0 Å². The SMILES string of the molecule is COCCNCC(C)NCC1CCCC(F)(F)C1. The molecule has 2 atom stereocenters. The molecule has 1 saturated carbocycles. The Hall–Kier alpha value is -0.260. The molecule has 1 aliphatic rings. The number of hydrogen-bond donors (Lipinski definition) is 2. The first kappa shape index (κ1) is 15.8. The van der Waals surface area contributed by atoms with E-state index in [0.717, 1.165) is 19.5 Å². The molecule has 0 aromatic rings. The highest BCUT2D eigenvalue weighted by Gasteiger charge is 2.35. The van der Waals surface area contributed by atoms with Gasteiger partial charge in [-0.2, -0.15) is 0 Å². The third-order valence-electron chi connectivity index (χ3n) is 3.43. The van der Waals surface area contributed by atoms with Crippen molar-refractivity contribution in [3.8, 4) is 0 Å². The predicted octanol–water partition coefficient (Wildman–Crippen LogP) is 2.03. The zero-order valence-corrected chi connectivity index (χ0v) is 11.5. The molecule has 0 spiro atoms. The Kier molecular flexibility index (Phi) is 7.04. The van der Waals surface area contributed by atoms with Gasteiger partial charge in [0, 0.05) is 39.1 Å². The highest BCUT2D eigenvalue weighted by Crippen LogP contribution is 2.36. The first-order valence-electron chi connectivity index (χ1n) is 6.84. The van der Waals surface area contributed by atoms with E-state index in [1.165, 1.54) is 0 Å². The van der Waals surface area contributed by atoms with Crippen LogP contribution in [-0.2, 0) is 4.74 Å². The van der Waals surface area contributed by atoms with Crippen LogP contribution in [0.25, 0.3) is 0 Å². The fourth-order valence-corrected chi connectivity index (χ4v) is 2.38. The Bertz CT molecular complexity index is 227. The van der Waals surface area contributed by atoms with Crippen molar-refractivity contribution in [1.82, 2.24) is 10.6 Å². The number of rotatable bonds is 8. The summed E-state index contributed by atoms with van der Waals surface area (Å²) in [5, 5.41) is 6.58. The van der Waals surface area contributed by atoms with Crippen molar-refractivity contribution >= 4 is 0 Å². The molecular formula is C13H26F2N2O. The van der Waals surface area contributed by atoms with E-state index in [1.54, 1.807) is 7.11 Å². The third-order valence-corrected chi connectivity index (χ3v) is 3.43. The Morgan fingerprint density at radius 2 is 2.22 bits per heavy atom. The fraction of sp³-hybridized carbons (Fsp3) is 1.00. The Morgan fingerprint density at radius 1 is 1.44 bits per heavy atom. The molecule has 0 amide bonds. The van der Waals surface area contributed by atoms with Gasteiger partial charge in [-0.05, 0) is 32.2 Å². The van der Waals surface area contributed by atoms with E-state index in [-0.39, 0.29) is 18.8 Å². The summed E-state index contributed by atoms with van der Waals surface area (Å²) in [6.07, 6.45) is 1.69. The second kappa shape index (κ2) is 8.02. The van der Waals surface area contributed by atoms with Gasteiger partial charge in [-0.25, -0.2) is 8.78 Å². The molecule has 1 rings (SSSR count). The molecule has 0 bridgehead atoms. The molecule has 0 radical (unpaired) electrons. The van der Waals surface area contributed by atoms with Crippen LogP contribution in [0.5, 0.6) is 0 Å². The van der Waals surface area contributed by atoms with Gasteiger partial charge in [0.05, 0.1) is 6.61 Å². The van der Waals surface area contributed by atoms with Crippen molar-refractivity contribution in [3.05, 3.63) is 0 Å². The monoisotopic (exact) mass is 264 g/mol. The van der Waals surface area contributed by atoms with Crippen LogP contribution in [0.4, 0.5) is 8.78 Å². The zero-order valence-electron chi connectivity index (χ0n) is 11.5. The van der Waals surface area contributed by atoms with E-state index in [4.69, 9.17) is 4.74 Å². The van der Waals surface area contributed by atoms with Crippen molar-refractivity contribution in [2.45, 2.75) is 44.6 Å². The predicted molar refractivity (Wildman–Crippen MR) is 69.1 cm³/mol. The van der Waals surface area contributed by atoms with Crippen LogP contribution >= 0.6 is 0 Å². The number of hydrogen-bond acceptors (Lipinski definition) is 3. The van der Waals surface area contributed by atoms with Gasteiger partial charge >= 0.3 is 0 Å². The van der Waals surface area contributed by atoms with Crippen LogP contribution in [0, 0.1) is 5.92 Å². The molecular weight excluding hydrogens is 238 g/mol. The maximum Gasteiger partial charge on any atom is 0.248 e. The van der Waals surface area contributed by atoms with Crippen LogP contribution in [0.2, 0.25) is 0 Å². The summed E-state index contributed by atoms with van der Waals surface area (Å²) in [7, 11) is 1.67. The molecule has 0 saturated heterocycles. The van der Waals surface area contributed by atoms with Crippen molar-refractivity contribution in [3.63, 3.8) is 0 Å². The van der Waals surface area contributed by atoms with Gasteiger partial charge < -0.3 is 15.4 Å². The maximum absolute atomic E-state index is 13.2. The van der Waals surface area contributed by atoms with Gasteiger partial charge in [0.2, 0.25) is 5.92 Å². The molecule has 18 heavy (non-hydrogen) atoms. The van der Waals surface area contributed by atoms with Crippen molar-refractivity contribution < 1.29 is 13.5 Å². The molecule has 0 aromatic heterocycles. The molecule has 108 valence electrons. The molecule has 2 N–H and O–H groups in total. The molecule has 2 unspecified atom stereocenters. The largest absolute Gasteiger partial charge is 0.383 e. The van der Waals surface area contributed by atoms with Crippen molar-refractivity contribution in [1.29, 1.82) is 0 Å². The van der Waals surface area contributed by atoms with Gasteiger partial charge in [0.25, 0.3) is 0 Å². The van der Waals surface area contributed by atoms with Crippen molar-refractivity contribution in [2.24, 2.45) is 5.92 Å². The summed E-state index contributed by atoms with van der Waals surface area (Å²) in [6.45, 7) is 5.13. The molecule has 1 aliphatic carbocycles. The number of methoxy groups -OCH3 is 1. The van der Waals surface area contributed by atoms with Crippen molar-refractivity contribution in [2.75, 3.05) is 33.4 Å². The molecule has 3 nitrogen and oxygen atoms in total. The summed E-state index contributed by atoms with van der Waals surface area (Å²) in [4.78, 5) is 0. The normalized spacial score (nSPS) is 25.0. The molecule has 0 heterocycles. The fourth-order valence-electron chi connectivity index (χ4n) is 2.38. The standard InChI is InChI=1S/C13H26F2N2O/c1-11(9-16-6-7-18-2)17-10-12-4-3-5-13(14,15)8-12/h11-12,16-17H,3-10H2,1-2H3. The quantitative estimate of drug-likeness (QED) is 0.658.